The Morgan fingerprint density at radius 3 is 2.87 bits per heavy atom. The van der Waals surface area contributed by atoms with Crippen LogP contribution in [0.15, 0.2) is 41.1 Å². The molecule has 0 aliphatic rings. The first-order chi connectivity index (χ1) is 11.2. The van der Waals surface area contributed by atoms with Crippen molar-refractivity contribution in [2.24, 2.45) is 0 Å². The molecule has 118 valence electrons. The van der Waals surface area contributed by atoms with Gasteiger partial charge in [0, 0.05) is 17.6 Å². The molecule has 0 amide bonds. The predicted molar refractivity (Wildman–Crippen MR) is 83.3 cm³/mol. The number of methoxy groups -OCH3 is 1. The van der Waals surface area contributed by atoms with Crippen LogP contribution in [0.2, 0.25) is 0 Å². The summed E-state index contributed by atoms with van der Waals surface area (Å²) in [6.45, 7) is 2.17. The van der Waals surface area contributed by atoms with Crippen molar-refractivity contribution in [3.05, 3.63) is 53.5 Å². The molecule has 6 nitrogen and oxygen atoms in total. The molecule has 6 heteroatoms. The highest BCUT2D eigenvalue weighted by Gasteiger charge is 2.18. The third kappa shape index (κ3) is 3.01. The van der Waals surface area contributed by atoms with Gasteiger partial charge < -0.3 is 14.0 Å². The molecule has 0 unspecified atom stereocenters. The van der Waals surface area contributed by atoms with E-state index >= 15 is 0 Å². The number of benzene rings is 1. The van der Waals surface area contributed by atoms with E-state index in [-0.39, 0.29) is 12.2 Å². The largest absolute Gasteiger partial charge is 0.484 e. The Hall–Kier alpha value is -2.89. The lowest BCUT2D eigenvalue weighted by atomic mass is 10.1. The Labute approximate surface area is 133 Å². The van der Waals surface area contributed by atoms with Crippen molar-refractivity contribution >= 4 is 16.9 Å². The number of aromatic nitrogens is 2. The monoisotopic (exact) mass is 312 g/mol. The summed E-state index contributed by atoms with van der Waals surface area (Å²) in [6.07, 6.45) is 2.25. The van der Waals surface area contributed by atoms with E-state index in [1.54, 1.807) is 0 Å². The van der Waals surface area contributed by atoms with Crippen molar-refractivity contribution in [1.82, 2.24) is 10.1 Å². The maximum absolute atomic E-state index is 12.0. The van der Waals surface area contributed by atoms with Crippen molar-refractivity contribution in [2.75, 3.05) is 7.11 Å². The van der Waals surface area contributed by atoms with Crippen molar-refractivity contribution in [3.63, 3.8) is 0 Å². The highest BCUT2D eigenvalue weighted by Crippen LogP contribution is 2.29. The van der Waals surface area contributed by atoms with Crippen LogP contribution in [0, 0.1) is 0 Å². The normalized spacial score (nSPS) is 10.7. The number of para-hydroxylation sites is 1. The van der Waals surface area contributed by atoms with Gasteiger partial charge in [-0.1, -0.05) is 24.2 Å². The van der Waals surface area contributed by atoms with Crippen LogP contribution in [-0.2, 0) is 17.8 Å². The first-order valence-corrected chi connectivity index (χ1v) is 7.26. The Morgan fingerprint density at radius 1 is 1.30 bits per heavy atom. The van der Waals surface area contributed by atoms with Crippen LogP contribution in [0.4, 0.5) is 0 Å². The molecular formula is C17H16N2O4. The third-order valence-electron chi connectivity index (χ3n) is 3.46. The minimum Gasteiger partial charge on any atom is -0.484 e. The Kier molecular flexibility index (Phi) is 4.23. The molecule has 0 bridgehead atoms. The molecule has 0 fully saturated rings. The highest BCUT2D eigenvalue weighted by atomic mass is 16.5. The molecule has 2 heterocycles. The van der Waals surface area contributed by atoms with Crippen LogP contribution >= 0.6 is 0 Å². The smallest absolute Gasteiger partial charge is 0.343 e. The van der Waals surface area contributed by atoms with Crippen LogP contribution in [0.25, 0.3) is 10.9 Å². The highest BCUT2D eigenvalue weighted by molar-refractivity contribution is 5.99. The summed E-state index contributed by atoms with van der Waals surface area (Å²) in [6, 6.07) is 9.28. The van der Waals surface area contributed by atoms with Gasteiger partial charge in [0.15, 0.2) is 5.76 Å². The lowest BCUT2D eigenvalue weighted by molar-refractivity contribution is 0.0595. The maximum atomic E-state index is 12.0. The third-order valence-corrected chi connectivity index (χ3v) is 3.46. The Bertz CT molecular complexity index is 841. The quantitative estimate of drug-likeness (QED) is 0.674. The van der Waals surface area contributed by atoms with Gasteiger partial charge in [0.2, 0.25) is 0 Å². The lowest BCUT2D eigenvalue weighted by Crippen LogP contribution is -2.07. The van der Waals surface area contributed by atoms with Gasteiger partial charge in [-0.15, -0.1) is 0 Å². The van der Waals surface area contributed by atoms with Crippen LogP contribution < -0.4 is 4.74 Å². The molecule has 1 aromatic carbocycles. The summed E-state index contributed by atoms with van der Waals surface area (Å²) < 4.78 is 15.9. The van der Waals surface area contributed by atoms with E-state index in [2.05, 4.69) is 10.1 Å². The minimum atomic E-state index is -0.495. The van der Waals surface area contributed by atoms with Crippen molar-refractivity contribution < 1.29 is 18.8 Å². The standard InChI is InChI=1S/C17H16N2O4/c1-3-11-8-12(23-19-11)10-22-16-13-6-4-5-7-15(13)18-9-14(16)17(20)21-2/h4-9H,3,10H2,1-2H3. The van der Waals surface area contributed by atoms with Crippen molar-refractivity contribution in [3.8, 4) is 5.75 Å². The van der Waals surface area contributed by atoms with E-state index in [9.17, 15) is 4.79 Å². The zero-order valence-corrected chi connectivity index (χ0v) is 12.9. The van der Waals surface area contributed by atoms with E-state index in [0.717, 1.165) is 23.0 Å². The molecule has 0 aliphatic carbocycles. The molecule has 2 aromatic heterocycles. The maximum Gasteiger partial charge on any atom is 0.343 e. The molecule has 0 radical (unpaired) electrons. The molecular weight excluding hydrogens is 296 g/mol. The molecule has 3 rings (SSSR count). The number of nitrogens with zero attached hydrogens (tertiary/aromatic N) is 2. The number of fused-ring (bicyclic) bond motifs is 1. The summed E-state index contributed by atoms with van der Waals surface area (Å²) in [7, 11) is 1.32. The van der Waals surface area contributed by atoms with Crippen molar-refractivity contribution in [1.29, 1.82) is 0 Å². The number of hydrogen-bond donors (Lipinski definition) is 0. The van der Waals surface area contributed by atoms with Crippen LogP contribution in [-0.4, -0.2) is 23.2 Å². The number of rotatable bonds is 5. The van der Waals surface area contributed by atoms with Crippen LogP contribution in [0.3, 0.4) is 0 Å². The molecule has 0 atom stereocenters. The number of hydrogen-bond acceptors (Lipinski definition) is 6. The van der Waals surface area contributed by atoms with Gasteiger partial charge in [-0.3, -0.25) is 4.98 Å². The number of aryl methyl sites for hydroxylation is 1. The Morgan fingerprint density at radius 2 is 2.13 bits per heavy atom. The van der Waals surface area contributed by atoms with Gasteiger partial charge in [0.1, 0.15) is 17.9 Å². The molecule has 0 saturated heterocycles. The summed E-state index contributed by atoms with van der Waals surface area (Å²) >= 11 is 0. The fourth-order valence-electron chi connectivity index (χ4n) is 2.26. The van der Waals surface area contributed by atoms with Crippen LogP contribution in [0.5, 0.6) is 5.75 Å². The first kappa shape index (κ1) is 15.0. The van der Waals surface area contributed by atoms with E-state index in [4.69, 9.17) is 14.0 Å². The molecule has 23 heavy (non-hydrogen) atoms. The second-order valence-corrected chi connectivity index (χ2v) is 4.94. The number of carbonyl (C=O) groups is 1. The topological polar surface area (TPSA) is 74.5 Å². The molecule has 0 aliphatic heterocycles. The number of pyridine rings is 1. The van der Waals surface area contributed by atoms with Gasteiger partial charge in [-0.05, 0) is 18.6 Å². The zero-order valence-electron chi connectivity index (χ0n) is 12.9. The average molecular weight is 312 g/mol. The fraction of sp³-hybridized carbons (Fsp3) is 0.235. The fourth-order valence-corrected chi connectivity index (χ4v) is 2.26. The van der Waals surface area contributed by atoms with Gasteiger partial charge in [-0.25, -0.2) is 4.79 Å². The van der Waals surface area contributed by atoms with E-state index in [1.165, 1.54) is 13.3 Å². The SMILES string of the molecule is CCc1cc(COc2c(C(=O)OC)cnc3ccccc23)on1. The summed E-state index contributed by atoms with van der Waals surface area (Å²) in [5.41, 5.74) is 1.87. The van der Waals surface area contributed by atoms with Crippen molar-refractivity contribution in [2.45, 2.75) is 20.0 Å². The number of carbonyl (C=O) groups excluding carboxylic acids is 1. The molecule has 3 aromatic rings. The molecule has 0 saturated carbocycles. The van der Waals surface area contributed by atoms with Gasteiger partial charge in [-0.2, -0.15) is 0 Å². The molecule has 0 N–H and O–H groups in total. The van der Waals surface area contributed by atoms with Gasteiger partial charge >= 0.3 is 5.97 Å². The summed E-state index contributed by atoms with van der Waals surface area (Å²) in [4.78, 5) is 16.2. The summed E-state index contributed by atoms with van der Waals surface area (Å²) in [5, 5.41) is 4.67. The van der Waals surface area contributed by atoms with Gasteiger partial charge in [0.05, 0.1) is 18.3 Å². The zero-order chi connectivity index (χ0) is 16.2. The van der Waals surface area contributed by atoms with E-state index < -0.39 is 5.97 Å². The second kappa shape index (κ2) is 6.48. The van der Waals surface area contributed by atoms with E-state index in [0.29, 0.717) is 11.5 Å². The number of ether oxygens (including phenoxy) is 2. The predicted octanol–water partition coefficient (Wildman–Crippen LogP) is 3.15. The lowest BCUT2D eigenvalue weighted by Gasteiger charge is -2.11. The second-order valence-electron chi connectivity index (χ2n) is 4.94. The van der Waals surface area contributed by atoms with Crippen LogP contribution in [0.1, 0.15) is 28.7 Å². The number of esters is 1. The summed E-state index contributed by atoms with van der Waals surface area (Å²) in [5.74, 6) is 0.528. The molecule has 0 spiro atoms. The van der Waals surface area contributed by atoms with Gasteiger partial charge in [0.25, 0.3) is 0 Å². The first-order valence-electron chi connectivity index (χ1n) is 7.26. The minimum absolute atomic E-state index is 0.172. The average Bonchev–Trinajstić information content (AvgIpc) is 3.07. The van der Waals surface area contributed by atoms with E-state index in [1.807, 2.05) is 37.3 Å². The Balaban J connectivity index is 1.97.